The van der Waals surface area contributed by atoms with E-state index >= 15 is 0 Å². The van der Waals surface area contributed by atoms with Gasteiger partial charge in [-0.05, 0) is 25.1 Å². The van der Waals surface area contributed by atoms with Gasteiger partial charge in [-0.3, -0.25) is 4.72 Å². The number of benzene rings is 1. The molecule has 2 rings (SSSR count). The van der Waals surface area contributed by atoms with Crippen molar-refractivity contribution in [3.8, 4) is 0 Å². The summed E-state index contributed by atoms with van der Waals surface area (Å²) in [7, 11) is -3.70. The highest BCUT2D eigenvalue weighted by molar-refractivity contribution is 7.91. The Morgan fingerprint density at radius 2 is 2.11 bits per heavy atom. The third-order valence-electron chi connectivity index (χ3n) is 2.21. The molecule has 19 heavy (non-hydrogen) atoms. The van der Waals surface area contributed by atoms with Gasteiger partial charge in [0, 0.05) is 11.8 Å². The standard InChI is InChI=1S/C11H12FN3O3S/c1-7-2-11(14-18-7)6-19(16,17)15-10-4-8(12)3-9(13)5-10/h2-5,15H,6,13H2,1H3. The average Bonchev–Trinajstić information content (AvgIpc) is 2.60. The highest BCUT2D eigenvalue weighted by Gasteiger charge is 2.15. The summed E-state index contributed by atoms with van der Waals surface area (Å²) in [5, 5.41) is 3.58. The summed E-state index contributed by atoms with van der Waals surface area (Å²) in [6.45, 7) is 1.66. The zero-order valence-electron chi connectivity index (χ0n) is 10.1. The van der Waals surface area contributed by atoms with Gasteiger partial charge >= 0.3 is 0 Å². The Morgan fingerprint density at radius 1 is 1.37 bits per heavy atom. The number of rotatable bonds is 4. The van der Waals surface area contributed by atoms with E-state index in [1.165, 1.54) is 12.1 Å². The molecule has 2 aromatic rings. The first-order valence-corrected chi connectivity index (χ1v) is 6.98. The maximum atomic E-state index is 13.1. The van der Waals surface area contributed by atoms with E-state index in [1.54, 1.807) is 6.92 Å². The minimum atomic E-state index is -3.70. The first-order valence-electron chi connectivity index (χ1n) is 5.33. The van der Waals surface area contributed by atoms with Crippen molar-refractivity contribution in [3.63, 3.8) is 0 Å². The van der Waals surface area contributed by atoms with Crippen molar-refractivity contribution < 1.29 is 17.3 Å². The van der Waals surface area contributed by atoms with E-state index in [2.05, 4.69) is 9.88 Å². The van der Waals surface area contributed by atoms with E-state index in [1.807, 2.05) is 0 Å². The molecule has 0 bridgehead atoms. The number of nitrogens with zero attached hydrogens (tertiary/aromatic N) is 1. The Bertz CT molecular complexity index is 677. The lowest BCUT2D eigenvalue weighted by Gasteiger charge is -2.07. The number of halogens is 1. The molecule has 0 aliphatic rings. The summed E-state index contributed by atoms with van der Waals surface area (Å²) < 4.78 is 43.8. The van der Waals surface area contributed by atoms with Crippen molar-refractivity contribution in [3.05, 3.63) is 41.5 Å². The molecule has 0 aliphatic heterocycles. The molecule has 0 aliphatic carbocycles. The van der Waals surface area contributed by atoms with Gasteiger partial charge in [-0.2, -0.15) is 0 Å². The largest absolute Gasteiger partial charge is 0.399 e. The fourth-order valence-electron chi connectivity index (χ4n) is 1.57. The SMILES string of the molecule is Cc1cc(CS(=O)(=O)Nc2cc(N)cc(F)c2)no1. The third kappa shape index (κ3) is 3.68. The molecule has 0 fully saturated rings. The number of anilines is 2. The Labute approximate surface area is 109 Å². The van der Waals surface area contributed by atoms with Gasteiger partial charge in [0.05, 0.1) is 5.69 Å². The second-order valence-electron chi connectivity index (χ2n) is 4.06. The van der Waals surface area contributed by atoms with Crippen molar-refractivity contribution in [1.29, 1.82) is 0 Å². The van der Waals surface area contributed by atoms with Gasteiger partial charge < -0.3 is 10.3 Å². The number of hydrogen-bond acceptors (Lipinski definition) is 5. The van der Waals surface area contributed by atoms with Gasteiger partial charge in [0.15, 0.2) is 0 Å². The van der Waals surface area contributed by atoms with E-state index in [-0.39, 0.29) is 22.8 Å². The Morgan fingerprint density at radius 3 is 2.68 bits per heavy atom. The predicted molar refractivity (Wildman–Crippen MR) is 68.3 cm³/mol. The molecule has 1 aromatic heterocycles. The summed E-state index contributed by atoms with van der Waals surface area (Å²) in [4.78, 5) is 0. The molecule has 0 spiro atoms. The highest BCUT2D eigenvalue weighted by atomic mass is 32.2. The maximum Gasteiger partial charge on any atom is 0.238 e. The number of nitrogens with one attached hydrogen (secondary N) is 1. The smallest absolute Gasteiger partial charge is 0.238 e. The second kappa shape index (κ2) is 4.88. The fourth-order valence-corrected chi connectivity index (χ4v) is 2.64. The lowest BCUT2D eigenvalue weighted by Crippen LogP contribution is -2.15. The molecule has 0 atom stereocenters. The van der Waals surface area contributed by atoms with Gasteiger partial charge in [0.25, 0.3) is 0 Å². The zero-order chi connectivity index (χ0) is 14.0. The summed E-state index contributed by atoms with van der Waals surface area (Å²) in [6, 6.07) is 4.98. The van der Waals surface area contributed by atoms with Crippen molar-refractivity contribution in [2.24, 2.45) is 0 Å². The lowest BCUT2D eigenvalue weighted by molar-refractivity contribution is 0.392. The van der Waals surface area contributed by atoms with Crippen LogP contribution in [0.4, 0.5) is 15.8 Å². The molecule has 1 aromatic carbocycles. The van der Waals surface area contributed by atoms with Crippen LogP contribution < -0.4 is 10.5 Å². The third-order valence-corrected chi connectivity index (χ3v) is 3.43. The molecular weight excluding hydrogens is 273 g/mol. The van der Waals surface area contributed by atoms with Crippen molar-refractivity contribution in [2.45, 2.75) is 12.7 Å². The van der Waals surface area contributed by atoms with Crippen LogP contribution in [-0.4, -0.2) is 13.6 Å². The Balaban J connectivity index is 2.16. The monoisotopic (exact) mass is 285 g/mol. The van der Waals surface area contributed by atoms with Crippen LogP contribution in [0, 0.1) is 12.7 Å². The molecular formula is C11H12FN3O3S. The number of nitrogens with two attached hydrogens (primary N) is 1. The molecule has 1 heterocycles. The predicted octanol–water partition coefficient (Wildman–Crippen LogP) is 1.65. The molecule has 3 N–H and O–H groups in total. The van der Waals surface area contributed by atoms with E-state index in [0.29, 0.717) is 5.76 Å². The Kier molecular flexibility index (Phi) is 3.43. The molecule has 0 amide bonds. The van der Waals surface area contributed by atoms with Gasteiger partial charge in [-0.1, -0.05) is 5.16 Å². The quantitative estimate of drug-likeness (QED) is 0.832. The van der Waals surface area contributed by atoms with Crippen molar-refractivity contribution in [2.75, 3.05) is 10.5 Å². The van der Waals surface area contributed by atoms with Crippen molar-refractivity contribution in [1.82, 2.24) is 5.16 Å². The number of aryl methyl sites for hydroxylation is 1. The first-order chi connectivity index (χ1) is 8.84. The van der Waals surface area contributed by atoms with Crippen LogP contribution in [-0.2, 0) is 15.8 Å². The van der Waals surface area contributed by atoms with Crippen LogP contribution in [0.5, 0.6) is 0 Å². The Hall–Kier alpha value is -2.09. The first kappa shape index (κ1) is 13.3. The van der Waals surface area contributed by atoms with E-state index in [4.69, 9.17) is 10.3 Å². The van der Waals surface area contributed by atoms with E-state index in [9.17, 15) is 12.8 Å². The van der Waals surface area contributed by atoms with Crippen molar-refractivity contribution >= 4 is 21.4 Å². The fraction of sp³-hybridized carbons (Fsp3) is 0.182. The van der Waals surface area contributed by atoms with Crippen LogP contribution in [0.15, 0.2) is 28.8 Å². The topological polar surface area (TPSA) is 98.2 Å². The number of hydrogen-bond donors (Lipinski definition) is 2. The van der Waals surface area contributed by atoms with Crippen LogP contribution >= 0.6 is 0 Å². The molecule has 0 saturated carbocycles. The highest BCUT2D eigenvalue weighted by Crippen LogP contribution is 2.18. The van der Waals surface area contributed by atoms with E-state index < -0.39 is 15.8 Å². The maximum absolute atomic E-state index is 13.1. The molecule has 0 radical (unpaired) electrons. The van der Waals surface area contributed by atoms with Gasteiger partial charge in [0.1, 0.15) is 23.0 Å². The number of nitrogen functional groups attached to an aromatic ring is 1. The molecule has 6 nitrogen and oxygen atoms in total. The number of sulfonamides is 1. The van der Waals surface area contributed by atoms with Gasteiger partial charge in [-0.25, -0.2) is 12.8 Å². The number of aromatic nitrogens is 1. The summed E-state index contributed by atoms with van der Waals surface area (Å²) >= 11 is 0. The van der Waals surface area contributed by atoms with Gasteiger partial charge in [0.2, 0.25) is 10.0 Å². The van der Waals surface area contributed by atoms with Crippen LogP contribution in [0.1, 0.15) is 11.5 Å². The molecule has 102 valence electrons. The summed E-state index contributed by atoms with van der Waals surface area (Å²) in [6.07, 6.45) is 0. The second-order valence-corrected chi connectivity index (χ2v) is 5.79. The van der Waals surface area contributed by atoms with Crippen LogP contribution in [0.2, 0.25) is 0 Å². The minimum absolute atomic E-state index is 0.0673. The average molecular weight is 285 g/mol. The normalized spacial score (nSPS) is 11.5. The molecule has 0 unspecified atom stereocenters. The molecule has 8 heteroatoms. The summed E-state index contributed by atoms with van der Waals surface area (Å²) in [5.41, 5.74) is 5.91. The minimum Gasteiger partial charge on any atom is -0.399 e. The zero-order valence-corrected chi connectivity index (χ0v) is 10.9. The summed E-state index contributed by atoms with van der Waals surface area (Å²) in [5.74, 6) is -0.462. The lowest BCUT2D eigenvalue weighted by atomic mass is 10.3. The van der Waals surface area contributed by atoms with E-state index in [0.717, 1.165) is 12.1 Å². The van der Waals surface area contributed by atoms with Crippen LogP contribution in [0.3, 0.4) is 0 Å². The van der Waals surface area contributed by atoms with Gasteiger partial charge in [-0.15, -0.1) is 0 Å². The molecule has 0 saturated heterocycles. The van der Waals surface area contributed by atoms with Crippen LogP contribution in [0.25, 0.3) is 0 Å².